The molecule has 2 aromatic rings. The SMILES string of the molecule is COC(CN1CCN(C)CC1)C(C(=O)O)n1oc(-c2ccccc2)c(Cl)c1=O. The van der Waals surface area contributed by atoms with Gasteiger partial charge in [-0.15, -0.1) is 0 Å². The van der Waals surface area contributed by atoms with Crippen molar-refractivity contribution in [2.75, 3.05) is 46.9 Å². The molecule has 1 saturated heterocycles. The van der Waals surface area contributed by atoms with Gasteiger partial charge in [0.2, 0.25) is 0 Å². The molecule has 0 radical (unpaired) electrons. The highest BCUT2D eigenvalue weighted by atomic mass is 35.5. The van der Waals surface area contributed by atoms with E-state index in [1.54, 1.807) is 24.3 Å². The van der Waals surface area contributed by atoms with Gasteiger partial charge in [0.05, 0.1) is 0 Å². The molecule has 1 fully saturated rings. The van der Waals surface area contributed by atoms with Crippen molar-refractivity contribution in [3.63, 3.8) is 0 Å². The van der Waals surface area contributed by atoms with Crippen LogP contribution in [0.15, 0.2) is 39.6 Å². The summed E-state index contributed by atoms with van der Waals surface area (Å²) in [6.07, 6.45) is -0.774. The molecule has 1 aliphatic rings. The Morgan fingerprint density at radius 2 is 1.89 bits per heavy atom. The third kappa shape index (κ3) is 4.30. The topological polar surface area (TPSA) is 88.2 Å². The van der Waals surface area contributed by atoms with E-state index in [9.17, 15) is 14.7 Å². The maximum Gasteiger partial charge on any atom is 0.332 e. The zero-order valence-corrected chi connectivity index (χ0v) is 16.6. The Bertz CT molecular complexity index is 858. The van der Waals surface area contributed by atoms with E-state index in [4.69, 9.17) is 20.9 Å². The molecule has 2 heterocycles. The minimum atomic E-state index is -1.33. The number of likely N-dealkylation sites (N-methyl/N-ethyl adjacent to an activating group) is 1. The first kappa shape index (κ1) is 20.6. The average Bonchev–Trinajstić information content (AvgIpc) is 2.98. The van der Waals surface area contributed by atoms with Gasteiger partial charge in [0, 0.05) is 45.4 Å². The Morgan fingerprint density at radius 3 is 2.46 bits per heavy atom. The van der Waals surface area contributed by atoms with Crippen molar-refractivity contribution in [2.24, 2.45) is 0 Å². The molecule has 2 atom stereocenters. The molecule has 1 aromatic carbocycles. The number of benzene rings is 1. The quantitative estimate of drug-likeness (QED) is 0.743. The standard InChI is InChI=1S/C19H24ClN3O5/c1-21-8-10-22(11-9-21)12-14(27-2)16(19(25)26)23-18(24)15(20)17(28-23)13-6-4-3-5-7-13/h3-7,14,16H,8-12H2,1-2H3,(H,25,26). The smallest absolute Gasteiger partial charge is 0.332 e. The molecule has 0 spiro atoms. The molecular formula is C19H24ClN3O5. The highest BCUT2D eigenvalue weighted by molar-refractivity contribution is 6.32. The first-order valence-electron chi connectivity index (χ1n) is 9.05. The Morgan fingerprint density at radius 1 is 1.25 bits per heavy atom. The molecule has 2 unspecified atom stereocenters. The summed E-state index contributed by atoms with van der Waals surface area (Å²) in [5.74, 6) is -1.07. The van der Waals surface area contributed by atoms with E-state index in [1.807, 2.05) is 13.1 Å². The third-order valence-corrected chi connectivity index (χ3v) is 5.34. The van der Waals surface area contributed by atoms with Crippen LogP contribution in [0.2, 0.25) is 5.02 Å². The van der Waals surface area contributed by atoms with E-state index in [0.717, 1.165) is 30.9 Å². The average molecular weight is 410 g/mol. The van der Waals surface area contributed by atoms with Gasteiger partial charge >= 0.3 is 11.5 Å². The van der Waals surface area contributed by atoms with Crippen LogP contribution in [-0.2, 0) is 9.53 Å². The number of aromatic nitrogens is 1. The number of hydrogen-bond acceptors (Lipinski definition) is 6. The molecule has 152 valence electrons. The molecular weight excluding hydrogens is 386 g/mol. The van der Waals surface area contributed by atoms with Gasteiger partial charge < -0.3 is 19.3 Å². The monoisotopic (exact) mass is 409 g/mol. The van der Waals surface area contributed by atoms with Gasteiger partial charge in [0.25, 0.3) is 0 Å². The highest BCUT2D eigenvalue weighted by Gasteiger charge is 2.36. The van der Waals surface area contributed by atoms with E-state index in [0.29, 0.717) is 12.1 Å². The summed E-state index contributed by atoms with van der Waals surface area (Å²) >= 11 is 6.18. The molecule has 3 rings (SSSR count). The molecule has 0 saturated carbocycles. The number of aliphatic carboxylic acids is 1. The predicted molar refractivity (Wildman–Crippen MR) is 105 cm³/mol. The number of carboxylic acids is 1. The summed E-state index contributed by atoms with van der Waals surface area (Å²) < 4.78 is 11.9. The van der Waals surface area contributed by atoms with E-state index in [-0.39, 0.29) is 10.8 Å². The van der Waals surface area contributed by atoms with Crippen molar-refractivity contribution in [1.29, 1.82) is 0 Å². The fraction of sp³-hybridized carbons (Fsp3) is 0.474. The van der Waals surface area contributed by atoms with Crippen LogP contribution in [0.1, 0.15) is 6.04 Å². The van der Waals surface area contributed by atoms with Crippen molar-refractivity contribution in [2.45, 2.75) is 12.1 Å². The van der Waals surface area contributed by atoms with E-state index in [2.05, 4.69) is 9.80 Å². The highest BCUT2D eigenvalue weighted by Crippen LogP contribution is 2.28. The Labute approximate surface area is 167 Å². The van der Waals surface area contributed by atoms with Gasteiger partial charge in [0.15, 0.2) is 16.8 Å². The summed E-state index contributed by atoms with van der Waals surface area (Å²) in [6.45, 7) is 3.74. The molecule has 8 nitrogen and oxygen atoms in total. The van der Waals surface area contributed by atoms with Crippen LogP contribution in [0.3, 0.4) is 0 Å². The maximum absolute atomic E-state index is 12.7. The molecule has 0 bridgehead atoms. The van der Waals surface area contributed by atoms with Gasteiger partial charge in [-0.1, -0.05) is 41.9 Å². The minimum Gasteiger partial charge on any atom is -0.480 e. The number of halogens is 1. The lowest BCUT2D eigenvalue weighted by atomic mass is 10.1. The Hall–Kier alpha value is -2.13. The van der Waals surface area contributed by atoms with E-state index in [1.165, 1.54) is 7.11 Å². The Balaban J connectivity index is 1.91. The van der Waals surface area contributed by atoms with Gasteiger partial charge in [-0.25, -0.2) is 4.79 Å². The number of methoxy groups -OCH3 is 1. The second-order valence-corrected chi connectivity index (χ2v) is 7.27. The second kappa shape index (κ2) is 8.91. The van der Waals surface area contributed by atoms with Gasteiger partial charge in [-0.2, -0.15) is 4.74 Å². The number of rotatable bonds is 7. The summed E-state index contributed by atoms with van der Waals surface area (Å²) in [5.41, 5.74) is -0.0890. The van der Waals surface area contributed by atoms with Crippen molar-refractivity contribution in [3.05, 3.63) is 45.7 Å². The number of hydrogen-bond donors (Lipinski definition) is 1. The van der Waals surface area contributed by atoms with Crippen LogP contribution in [0.5, 0.6) is 0 Å². The van der Waals surface area contributed by atoms with Crippen LogP contribution in [0.4, 0.5) is 0 Å². The van der Waals surface area contributed by atoms with Crippen LogP contribution >= 0.6 is 11.6 Å². The fourth-order valence-electron chi connectivity index (χ4n) is 3.32. The molecule has 0 amide bonds. The molecule has 1 aliphatic heterocycles. The molecule has 28 heavy (non-hydrogen) atoms. The minimum absolute atomic E-state index is 0.146. The van der Waals surface area contributed by atoms with Crippen molar-refractivity contribution in [3.8, 4) is 11.3 Å². The molecule has 0 aliphatic carbocycles. The largest absolute Gasteiger partial charge is 0.480 e. The van der Waals surface area contributed by atoms with Crippen LogP contribution < -0.4 is 5.56 Å². The summed E-state index contributed by atoms with van der Waals surface area (Å²) in [6, 6.07) is 7.53. The second-order valence-electron chi connectivity index (χ2n) is 6.89. The lowest BCUT2D eigenvalue weighted by Gasteiger charge is -2.35. The van der Waals surface area contributed by atoms with Gasteiger partial charge in [-0.3, -0.25) is 9.69 Å². The van der Waals surface area contributed by atoms with Crippen molar-refractivity contribution in [1.82, 2.24) is 14.5 Å². The molecule has 1 aromatic heterocycles. The molecule has 1 N–H and O–H groups in total. The lowest BCUT2D eigenvalue weighted by molar-refractivity contribution is -0.149. The van der Waals surface area contributed by atoms with Gasteiger partial charge in [0.1, 0.15) is 6.10 Å². The van der Waals surface area contributed by atoms with Crippen LogP contribution in [-0.4, -0.2) is 78.6 Å². The lowest BCUT2D eigenvalue weighted by Crippen LogP contribution is -2.50. The van der Waals surface area contributed by atoms with E-state index >= 15 is 0 Å². The third-order valence-electron chi connectivity index (χ3n) is 5.01. The normalized spacial score (nSPS) is 18.1. The fourth-order valence-corrected chi connectivity index (χ4v) is 3.55. The molecule has 9 heteroatoms. The predicted octanol–water partition coefficient (Wildman–Crippen LogP) is 1.65. The first-order valence-corrected chi connectivity index (χ1v) is 9.43. The number of carboxylic acid groups (broad SMARTS) is 1. The first-order chi connectivity index (χ1) is 13.4. The summed E-state index contributed by atoms with van der Waals surface area (Å²) in [7, 11) is 3.48. The van der Waals surface area contributed by atoms with Crippen molar-refractivity contribution >= 4 is 17.6 Å². The van der Waals surface area contributed by atoms with Gasteiger partial charge in [-0.05, 0) is 7.05 Å². The Kier molecular flexibility index (Phi) is 6.56. The number of ether oxygens (including phenoxy) is 1. The summed E-state index contributed by atoms with van der Waals surface area (Å²) in [4.78, 5) is 29.0. The maximum atomic E-state index is 12.7. The number of nitrogens with zero attached hydrogens (tertiary/aromatic N) is 3. The zero-order chi connectivity index (χ0) is 20.3. The zero-order valence-electron chi connectivity index (χ0n) is 15.9. The number of piperazine rings is 1. The number of carbonyl (C=O) groups is 1. The van der Waals surface area contributed by atoms with E-state index < -0.39 is 23.7 Å². The van der Waals surface area contributed by atoms with Crippen LogP contribution in [0, 0.1) is 0 Å². The van der Waals surface area contributed by atoms with Crippen LogP contribution in [0.25, 0.3) is 11.3 Å². The summed E-state index contributed by atoms with van der Waals surface area (Å²) in [5, 5.41) is 9.68. The van der Waals surface area contributed by atoms with Crippen molar-refractivity contribution < 1.29 is 19.2 Å².